The third kappa shape index (κ3) is 1.42. The Hall–Kier alpha value is -1.34. The predicted octanol–water partition coefficient (Wildman–Crippen LogP) is 3.01. The Balaban J connectivity index is 1.83. The Morgan fingerprint density at radius 1 is 0.882 bits per heavy atom. The molecule has 0 radical (unpaired) electrons. The van der Waals surface area contributed by atoms with Gasteiger partial charge < -0.3 is 0 Å². The molecule has 0 N–H and O–H groups in total. The Kier molecular flexibility index (Phi) is 2.03. The maximum absolute atomic E-state index is 2.65. The van der Waals surface area contributed by atoms with Gasteiger partial charge in [0.25, 0.3) is 0 Å². The van der Waals surface area contributed by atoms with Crippen molar-refractivity contribution < 1.29 is 0 Å². The Labute approximate surface area is 102 Å². The summed E-state index contributed by atoms with van der Waals surface area (Å²) in [5.74, 6) is 0. The van der Waals surface area contributed by atoms with Gasteiger partial charge in [-0.1, -0.05) is 36.4 Å². The average molecular weight is 223 g/mol. The van der Waals surface area contributed by atoms with Crippen LogP contribution in [0, 0.1) is 0 Å². The first-order valence-electron chi connectivity index (χ1n) is 6.65. The predicted molar refractivity (Wildman–Crippen MR) is 71.3 cm³/mol. The minimum atomic E-state index is 0.754. The van der Waals surface area contributed by atoms with Crippen molar-refractivity contribution in [3.8, 4) is 0 Å². The zero-order valence-electron chi connectivity index (χ0n) is 10.0. The second kappa shape index (κ2) is 3.58. The van der Waals surface area contributed by atoms with Gasteiger partial charge in [0.1, 0.15) is 0 Å². The van der Waals surface area contributed by atoms with Crippen LogP contribution in [0.5, 0.6) is 0 Å². The van der Waals surface area contributed by atoms with Gasteiger partial charge in [-0.2, -0.15) is 0 Å². The van der Waals surface area contributed by atoms with Gasteiger partial charge in [-0.15, -0.1) is 0 Å². The van der Waals surface area contributed by atoms with Crippen LogP contribution >= 0.6 is 0 Å². The third-order valence-corrected chi connectivity index (χ3v) is 4.40. The van der Waals surface area contributed by atoms with Crippen LogP contribution < -0.4 is 0 Å². The molecule has 0 amide bonds. The lowest BCUT2D eigenvalue weighted by Crippen LogP contribution is -2.48. The minimum Gasteiger partial charge on any atom is -0.300 e. The van der Waals surface area contributed by atoms with Crippen LogP contribution in [0.2, 0.25) is 0 Å². The molecule has 1 fully saturated rings. The molecule has 1 aliphatic heterocycles. The fraction of sp³-hybridized carbons (Fsp3) is 0.375. The highest BCUT2D eigenvalue weighted by Gasteiger charge is 2.28. The van der Waals surface area contributed by atoms with Crippen molar-refractivity contribution in [2.45, 2.75) is 25.3 Å². The molecule has 0 atom stereocenters. The van der Waals surface area contributed by atoms with Crippen LogP contribution in [0.1, 0.15) is 17.5 Å². The quantitative estimate of drug-likeness (QED) is 0.718. The lowest BCUT2D eigenvalue weighted by molar-refractivity contribution is 0.116. The van der Waals surface area contributed by atoms with Gasteiger partial charge in [0.15, 0.2) is 0 Å². The molecule has 0 saturated carbocycles. The summed E-state index contributed by atoms with van der Waals surface area (Å²) >= 11 is 0. The van der Waals surface area contributed by atoms with Crippen LogP contribution in [0.3, 0.4) is 0 Å². The number of benzene rings is 2. The lowest BCUT2D eigenvalue weighted by atomic mass is 9.84. The molecule has 0 bridgehead atoms. The number of hydrogen-bond acceptors (Lipinski definition) is 1. The first-order valence-corrected chi connectivity index (χ1v) is 6.65. The van der Waals surface area contributed by atoms with E-state index in [1.54, 1.807) is 11.1 Å². The van der Waals surface area contributed by atoms with E-state index in [0.717, 1.165) is 6.04 Å². The van der Waals surface area contributed by atoms with Gasteiger partial charge in [0.05, 0.1) is 0 Å². The summed E-state index contributed by atoms with van der Waals surface area (Å²) in [6, 6.07) is 14.3. The van der Waals surface area contributed by atoms with Crippen molar-refractivity contribution in [3.05, 3.63) is 47.5 Å². The molecule has 0 spiro atoms. The number of likely N-dealkylation sites (tertiary alicyclic amines) is 1. The van der Waals surface area contributed by atoms with Gasteiger partial charge in [-0.3, -0.25) is 4.90 Å². The van der Waals surface area contributed by atoms with Gasteiger partial charge in [-0.05, 0) is 54.3 Å². The van der Waals surface area contributed by atoms with E-state index in [1.807, 2.05) is 0 Å². The van der Waals surface area contributed by atoms with E-state index in [4.69, 9.17) is 0 Å². The van der Waals surface area contributed by atoms with Crippen molar-refractivity contribution in [1.29, 1.82) is 0 Å². The molecular formula is C16H17N. The molecule has 2 aromatic rings. The second-order valence-electron chi connectivity index (χ2n) is 5.38. The first kappa shape index (κ1) is 9.67. The molecule has 1 aliphatic carbocycles. The molecule has 0 aromatic heterocycles. The van der Waals surface area contributed by atoms with Crippen molar-refractivity contribution >= 4 is 10.8 Å². The summed E-state index contributed by atoms with van der Waals surface area (Å²) in [4.78, 5) is 2.65. The average Bonchev–Trinajstić information content (AvgIpc) is 2.27. The number of rotatable bonds is 1. The standard InChI is InChI=1S/C16H17N/c1-4-12-5-2-7-14-11-15(17-8-3-9-17)10-13(6-1)16(12)14/h1-2,4-7,15H,3,8-11H2. The van der Waals surface area contributed by atoms with Gasteiger partial charge >= 0.3 is 0 Å². The van der Waals surface area contributed by atoms with Crippen LogP contribution in [0.4, 0.5) is 0 Å². The van der Waals surface area contributed by atoms with Crippen molar-refractivity contribution in [3.63, 3.8) is 0 Å². The highest BCUT2D eigenvalue weighted by atomic mass is 15.2. The molecule has 2 aliphatic rings. The van der Waals surface area contributed by atoms with Crippen LogP contribution in [-0.2, 0) is 12.8 Å². The van der Waals surface area contributed by atoms with E-state index in [2.05, 4.69) is 41.3 Å². The Morgan fingerprint density at radius 3 is 2.06 bits per heavy atom. The normalized spacial score (nSPS) is 20.5. The summed E-state index contributed by atoms with van der Waals surface area (Å²) in [6.45, 7) is 2.62. The molecule has 1 heterocycles. The second-order valence-corrected chi connectivity index (χ2v) is 5.38. The number of nitrogens with zero attached hydrogens (tertiary/aromatic N) is 1. The molecular weight excluding hydrogens is 206 g/mol. The molecule has 2 aromatic carbocycles. The molecule has 1 heteroatoms. The molecule has 1 saturated heterocycles. The summed E-state index contributed by atoms with van der Waals surface area (Å²) in [5, 5.41) is 2.95. The van der Waals surface area contributed by atoms with Crippen molar-refractivity contribution in [2.24, 2.45) is 0 Å². The largest absolute Gasteiger partial charge is 0.300 e. The SMILES string of the molecule is c1cc2c3c(cccc3c1)CC(N1CCC1)C2. The highest BCUT2D eigenvalue weighted by Crippen LogP contribution is 2.32. The monoisotopic (exact) mass is 223 g/mol. The van der Waals surface area contributed by atoms with E-state index in [1.165, 1.54) is 43.1 Å². The summed E-state index contributed by atoms with van der Waals surface area (Å²) in [7, 11) is 0. The molecule has 0 unspecified atom stereocenters. The first-order chi connectivity index (χ1) is 8.42. The van der Waals surface area contributed by atoms with E-state index in [-0.39, 0.29) is 0 Å². The Bertz CT molecular complexity index is 528. The fourth-order valence-corrected chi connectivity index (χ4v) is 3.39. The number of hydrogen-bond donors (Lipinski definition) is 0. The van der Waals surface area contributed by atoms with Crippen molar-refractivity contribution in [1.82, 2.24) is 4.90 Å². The topological polar surface area (TPSA) is 3.24 Å². The summed E-state index contributed by atoms with van der Waals surface area (Å²) in [5.41, 5.74) is 3.11. The molecule has 17 heavy (non-hydrogen) atoms. The van der Waals surface area contributed by atoms with E-state index < -0.39 is 0 Å². The van der Waals surface area contributed by atoms with Gasteiger partial charge in [0.2, 0.25) is 0 Å². The van der Waals surface area contributed by atoms with Crippen LogP contribution in [0.15, 0.2) is 36.4 Å². The summed E-state index contributed by atoms with van der Waals surface area (Å²) < 4.78 is 0. The maximum atomic E-state index is 2.65. The Morgan fingerprint density at radius 2 is 1.53 bits per heavy atom. The van der Waals surface area contributed by atoms with E-state index in [0.29, 0.717) is 0 Å². The highest BCUT2D eigenvalue weighted by molar-refractivity contribution is 5.89. The van der Waals surface area contributed by atoms with Crippen molar-refractivity contribution in [2.75, 3.05) is 13.1 Å². The van der Waals surface area contributed by atoms with Crippen LogP contribution in [0.25, 0.3) is 10.8 Å². The molecule has 1 nitrogen and oxygen atoms in total. The molecule has 4 rings (SSSR count). The fourth-order valence-electron chi connectivity index (χ4n) is 3.39. The zero-order chi connectivity index (χ0) is 11.2. The third-order valence-electron chi connectivity index (χ3n) is 4.40. The maximum Gasteiger partial charge on any atom is 0.0176 e. The zero-order valence-corrected chi connectivity index (χ0v) is 10.0. The summed E-state index contributed by atoms with van der Waals surface area (Å²) in [6.07, 6.45) is 3.88. The smallest absolute Gasteiger partial charge is 0.0176 e. The van der Waals surface area contributed by atoms with E-state index >= 15 is 0 Å². The van der Waals surface area contributed by atoms with Gasteiger partial charge in [-0.25, -0.2) is 0 Å². The minimum absolute atomic E-state index is 0.754. The van der Waals surface area contributed by atoms with E-state index in [9.17, 15) is 0 Å². The van der Waals surface area contributed by atoms with Gasteiger partial charge in [0, 0.05) is 6.04 Å². The van der Waals surface area contributed by atoms with Crippen LogP contribution in [-0.4, -0.2) is 24.0 Å². The molecule has 86 valence electrons. The lowest BCUT2D eigenvalue weighted by Gasteiger charge is -2.40.